The lowest BCUT2D eigenvalue weighted by atomic mass is 10.3. The normalized spacial score (nSPS) is 10.6. The van der Waals surface area contributed by atoms with E-state index in [9.17, 15) is 13.2 Å². The predicted octanol–water partition coefficient (Wildman–Crippen LogP) is 3.95. The summed E-state index contributed by atoms with van der Waals surface area (Å²) in [5.74, 6) is 0.222. The highest BCUT2D eigenvalue weighted by Crippen LogP contribution is 2.25. The van der Waals surface area contributed by atoms with Crippen LogP contribution in [-0.2, 0) is 0 Å². The van der Waals surface area contributed by atoms with Crippen LogP contribution in [0.2, 0.25) is 0 Å². The van der Waals surface area contributed by atoms with Crippen LogP contribution < -0.4 is 4.74 Å². The third-order valence-corrected chi connectivity index (χ3v) is 2.03. The summed E-state index contributed by atoms with van der Waals surface area (Å²) >= 11 is 0. The molecule has 0 saturated carbocycles. The molecule has 0 aliphatic rings. The van der Waals surface area contributed by atoms with Gasteiger partial charge in [-0.15, -0.1) is 0 Å². The van der Waals surface area contributed by atoms with Crippen LogP contribution in [-0.4, -0.2) is 4.98 Å². The van der Waals surface area contributed by atoms with Crippen molar-refractivity contribution in [2.75, 3.05) is 0 Å². The Balaban J connectivity index is 2.18. The van der Waals surface area contributed by atoms with Crippen LogP contribution >= 0.6 is 0 Å². The van der Waals surface area contributed by atoms with Crippen LogP contribution in [0.5, 0.6) is 11.5 Å². The first-order chi connectivity index (χ1) is 8.15. The van der Waals surface area contributed by atoms with Crippen LogP contribution in [0.15, 0.2) is 42.6 Å². The van der Waals surface area contributed by atoms with E-state index < -0.39 is 6.43 Å². The lowest BCUT2D eigenvalue weighted by molar-refractivity contribution is 0.145. The third kappa shape index (κ3) is 2.96. The molecule has 0 N–H and O–H groups in total. The lowest BCUT2D eigenvalue weighted by Crippen LogP contribution is -1.91. The molecule has 0 amide bonds. The van der Waals surface area contributed by atoms with Gasteiger partial charge in [-0.1, -0.05) is 0 Å². The van der Waals surface area contributed by atoms with Gasteiger partial charge in [-0.25, -0.2) is 13.2 Å². The second-order valence-corrected chi connectivity index (χ2v) is 3.27. The predicted molar refractivity (Wildman–Crippen MR) is 55.7 cm³/mol. The van der Waals surface area contributed by atoms with Crippen molar-refractivity contribution in [3.05, 3.63) is 54.1 Å². The zero-order valence-electron chi connectivity index (χ0n) is 8.61. The van der Waals surface area contributed by atoms with Crippen LogP contribution in [0.25, 0.3) is 0 Å². The minimum absolute atomic E-state index is 0.238. The summed E-state index contributed by atoms with van der Waals surface area (Å²) in [4.78, 5) is 3.50. The van der Waals surface area contributed by atoms with E-state index in [1.165, 1.54) is 36.5 Å². The Hall–Kier alpha value is -2.04. The number of aromatic nitrogens is 1. The van der Waals surface area contributed by atoms with Gasteiger partial charge >= 0.3 is 0 Å². The fourth-order valence-corrected chi connectivity index (χ4v) is 1.25. The summed E-state index contributed by atoms with van der Waals surface area (Å²) in [6.07, 6.45) is -1.41. The van der Waals surface area contributed by atoms with E-state index in [4.69, 9.17) is 4.74 Å². The molecule has 5 heteroatoms. The molecular formula is C12H8F3NO. The molecule has 0 spiro atoms. The van der Waals surface area contributed by atoms with Crippen molar-refractivity contribution in [3.8, 4) is 11.5 Å². The molecular weight excluding hydrogens is 231 g/mol. The number of nitrogens with zero attached hydrogens (tertiary/aromatic N) is 1. The van der Waals surface area contributed by atoms with Gasteiger partial charge in [0.2, 0.25) is 0 Å². The highest BCUT2D eigenvalue weighted by molar-refractivity contribution is 5.31. The number of halogens is 3. The molecule has 0 bridgehead atoms. The summed E-state index contributed by atoms with van der Waals surface area (Å²) < 4.78 is 42.7. The summed E-state index contributed by atoms with van der Waals surface area (Å²) in [6.45, 7) is 0. The zero-order chi connectivity index (χ0) is 12.3. The number of ether oxygens (including phenoxy) is 1. The van der Waals surface area contributed by atoms with Gasteiger partial charge in [-0.05, 0) is 30.3 Å². The maximum absolute atomic E-state index is 12.6. The molecule has 0 atom stereocenters. The lowest BCUT2D eigenvalue weighted by Gasteiger charge is -2.06. The Labute approximate surface area is 95.7 Å². The highest BCUT2D eigenvalue weighted by atomic mass is 19.3. The molecule has 0 aliphatic heterocycles. The number of hydrogen-bond donors (Lipinski definition) is 0. The van der Waals surface area contributed by atoms with Crippen LogP contribution in [0.4, 0.5) is 13.2 Å². The van der Waals surface area contributed by atoms with E-state index in [2.05, 4.69) is 4.98 Å². The quantitative estimate of drug-likeness (QED) is 0.809. The molecule has 0 aliphatic carbocycles. The van der Waals surface area contributed by atoms with E-state index in [-0.39, 0.29) is 17.3 Å². The minimum atomic E-state index is -2.65. The van der Waals surface area contributed by atoms with E-state index in [1.54, 1.807) is 0 Å². The average molecular weight is 239 g/mol. The maximum atomic E-state index is 12.6. The molecule has 0 fully saturated rings. The SMILES string of the molecule is Fc1ccc(Oc2ccnc(C(F)F)c2)cc1. The Morgan fingerprint density at radius 2 is 1.71 bits per heavy atom. The second kappa shape index (κ2) is 4.86. The third-order valence-electron chi connectivity index (χ3n) is 2.03. The van der Waals surface area contributed by atoms with Crippen molar-refractivity contribution in [1.82, 2.24) is 4.98 Å². The van der Waals surface area contributed by atoms with E-state index in [1.807, 2.05) is 0 Å². The summed E-state index contributed by atoms with van der Waals surface area (Å²) in [5.41, 5.74) is -0.357. The van der Waals surface area contributed by atoms with Crippen LogP contribution in [0.1, 0.15) is 12.1 Å². The standard InChI is InChI=1S/C12H8F3NO/c13-8-1-3-9(4-2-8)17-10-5-6-16-11(7-10)12(14)15/h1-7,12H. The number of alkyl halides is 2. The fourth-order valence-electron chi connectivity index (χ4n) is 1.25. The van der Waals surface area contributed by atoms with E-state index in [0.717, 1.165) is 6.07 Å². The van der Waals surface area contributed by atoms with Gasteiger partial charge in [0, 0.05) is 12.3 Å². The molecule has 0 saturated heterocycles. The molecule has 17 heavy (non-hydrogen) atoms. The van der Waals surface area contributed by atoms with Gasteiger partial charge in [0.1, 0.15) is 23.0 Å². The Morgan fingerprint density at radius 3 is 2.35 bits per heavy atom. The molecule has 1 heterocycles. The Morgan fingerprint density at radius 1 is 1.00 bits per heavy atom. The second-order valence-electron chi connectivity index (χ2n) is 3.27. The van der Waals surface area contributed by atoms with Crippen molar-refractivity contribution in [2.24, 2.45) is 0 Å². The van der Waals surface area contributed by atoms with Gasteiger partial charge in [-0.3, -0.25) is 4.98 Å². The van der Waals surface area contributed by atoms with E-state index in [0.29, 0.717) is 5.75 Å². The molecule has 0 unspecified atom stereocenters. The van der Waals surface area contributed by atoms with Crippen molar-refractivity contribution in [1.29, 1.82) is 0 Å². The minimum Gasteiger partial charge on any atom is -0.457 e. The molecule has 1 aromatic heterocycles. The van der Waals surface area contributed by atoms with Crippen LogP contribution in [0, 0.1) is 5.82 Å². The van der Waals surface area contributed by atoms with Gasteiger partial charge in [-0.2, -0.15) is 0 Å². The maximum Gasteiger partial charge on any atom is 0.280 e. The molecule has 2 nitrogen and oxygen atoms in total. The van der Waals surface area contributed by atoms with Crippen molar-refractivity contribution in [3.63, 3.8) is 0 Å². The fraction of sp³-hybridized carbons (Fsp3) is 0.0833. The molecule has 88 valence electrons. The summed E-state index contributed by atoms with van der Waals surface area (Å²) in [5, 5.41) is 0. The zero-order valence-corrected chi connectivity index (χ0v) is 8.61. The van der Waals surface area contributed by atoms with Gasteiger partial charge in [0.15, 0.2) is 0 Å². The van der Waals surface area contributed by atoms with Crippen LogP contribution in [0.3, 0.4) is 0 Å². The Bertz CT molecular complexity index is 499. The Kier molecular flexibility index (Phi) is 3.27. The smallest absolute Gasteiger partial charge is 0.280 e. The molecule has 2 aromatic rings. The van der Waals surface area contributed by atoms with Crippen molar-refractivity contribution in [2.45, 2.75) is 6.43 Å². The number of rotatable bonds is 3. The first-order valence-electron chi connectivity index (χ1n) is 4.82. The summed E-state index contributed by atoms with van der Waals surface area (Å²) in [7, 11) is 0. The van der Waals surface area contributed by atoms with E-state index >= 15 is 0 Å². The first-order valence-corrected chi connectivity index (χ1v) is 4.82. The molecule has 1 aromatic carbocycles. The summed E-state index contributed by atoms with van der Waals surface area (Å²) in [6, 6.07) is 7.88. The van der Waals surface area contributed by atoms with Gasteiger partial charge < -0.3 is 4.74 Å². The highest BCUT2D eigenvalue weighted by Gasteiger charge is 2.09. The largest absolute Gasteiger partial charge is 0.457 e. The first kappa shape index (κ1) is 11.4. The topological polar surface area (TPSA) is 22.1 Å². The number of hydrogen-bond acceptors (Lipinski definition) is 2. The average Bonchev–Trinajstić information content (AvgIpc) is 2.32. The van der Waals surface area contributed by atoms with Crippen molar-refractivity contribution >= 4 is 0 Å². The molecule has 0 radical (unpaired) electrons. The number of pyridine rings is 1. The number of benzene rings is 1. The van der Waals surface area contributed by atoms with Gasteiger partial charge in [0.25, 0.3) is 6.43 Å². The molecule has 2 rings (SSSR count). The monoisotopic (exact) mass is 239 g/mol. The van der Waals surface area contributed by atoms with Crippen molar-refractivity contribution < 1.29 is 17.9 Å². The van der Waals surface area contributed by atoms with Gasteiger partial charge in [0.05, 0.1) is 0 Å².